The number of nitrogens with zero attached hydrogens (tertiary/aromatic N) is 2. The fourth-order valence-electron chi connectivity index (χ4n) is 3.01. The van der Waals surface area contributed by atoms with E-state index in [-0.39, 0.29) is 11.6 Å². The van der Waals surface area contributed by atoms with E-state index in [1.54, 1.807) is 58.4 Å². The second kappa shape index (κ2) is 7.64. The minimum absolute atomic E-state index is 0.00990. The van der Waals surface area contributed by atoms with Crippen molar-refractivity contribution in [2.45, 2.75) is 6.54 Å². The molecule has 0 aliphatic rings. The Labute approximate surface area is 180 Å². The number of halogens is 2. The molecule has 2 aromatic carbocycles. The van der Waals surface area contributed by atoms with Crippen molar-refractivity contribution in [2.24, 2.45) is 0 Å². The molecule has 2 heterocycles. The van der Waals surface area contributed by atoms with Crippen LogP contribution in [0.25, 0.3) is 16.9 Å². The average Bonchev–Trinajstić information content (AvgIpc) is 3.26. The Bertz CT molecular complexity index is 1200. The van der Waals surface area contributed by atoms with Crippen LogP contribution in [0.1, 0.15) is 5.56 Å². The van der Waals surface area contributed by atoms with Gasteiger partial charge in [-0.15, -0.1) is 0 Å². The molecule has 0 saturated heterocycles. The van der Waals surface area contributed by atoms with Gasteiger partial charge in [0.1, 0.15) is 11.4 Å². The van der Waals surface area contributed by atoms with E-state index >= 15 is 0 Å². The number of phenols is 1. The largest absolute Gasteiger partial charge is 0.508 e. The number of hydrogen-bond donors (Lipinski definition) is 2. The predicted molar refractivity (Wildman–Crippen MR) is 117 cm³/mol. The maximum Gasteiger partial charge on any atom is 0.223 e. The third-order valence-electron chi connectivity index (χ3n) is 4.34. The summed E-state index contributed by atoms with van der Waals surface area (Å²) in [6.45, 7) is 0.500. The molecule has 0 radical (unpaired) electrons. The first-order valence-electron chi connectivity index (χ1n) is 8.26. The summed E-state index contributed by atoms with van der Waals surface area (Å²) in [5, 5.41) is 25.5. The standard InChI is InChI=1S/C20H14Cl2N2O2S2/c21-16-6-3-14(9-17(16)22)24-19(26)18(13-1-4-15(25)5-2-13)23(20(24)27)10-12-7-8-28-11-12/h1-9,11,25-26H,10H2. The minimum Gasteiger partial charge on any atom is -0.508 e. The van der Waals surface area contributed by atoms with Gasteiger partial charge in [-0.2, -0.15) is 11.3 Å². The lowest BCUT2D eigenvalue weighted by Gasteiger charge is -2.08. The van der Waals surface area contributed by atoms with Crippen LogP contribution in [0, 0.1) is 4.77 Å². The Morgan fingerprint density at radius 2 is 1.71 bits per heavy atom. The van der Waals surface area contributed by atoms with Crippen LogP contribution >= 0.6 is 46.8 Å². The van der Waals surface area contributed by atoms with Gasteiger partial charge in [0.15, 0.2) is 4.77 Å². The third-order valence-corrected chi connectivity index (χ3v) is 6.21. The summed E-state index contributed by atoms with van der Waals surface area (Å²) >= 11 is 19.5. The number of phenolic OH excluding ortho intramolecular Hbond substituents is 1. The Balaban J connectivity index is 1.96. The molecule has 4 aromatic rings. The molecule has 0 fully saturated rings. The number of aromatic nitrogens is 2. The van der Waals surface area contributed by atoms with E-state index < -0.39 is 0 Å². The number of rotatable bonds is 4. The van der Waals surface area contributed by atoms with Gasteiger partial charge in [-0.3, -0.25) is 4.57 Å². The van der Waals surface area contributed by atoms with Crippen LogP contribution in [0.15, 0.2) is 59.3 Å². The third kappa shape index (κ3) is 3.44. The van der Waals surface area contributed by atoms with Crippen molar-refractivity contribution in [1.29, 1.82) is 0 Å². The van der Waals surface area contributed by atoms with Crippen LogP contribution in [-0.4, -0.2) is 19.3 Å². The van der Waals surface area contributed by atoms with Gasteiger partial charge in [0, 0.05) is 5.56 Å². The summed E-state index contributed by atoms with van der Waals surface area (Å²) in [7, 11) is 0. The minimum atomic E-state index is -0.00990. The van der Waals surface area contributed by atoms with Crippen molar-refractivity contribution in [1.82, 2.24) is 9.13 Å². The molecule has 28 heavy (non-hydrogen) atoms. The van der Waals surface area contributed by atoms with Crippen LogP contribution in [-0.2, 0) is 6.54 Å². The highest BCUT2D eigenvalue weighted by Crippen LogP contribution is 2.36. The highest BCUT2D eigenvalue weighted by molar-refractivity contribution is 7.71. The molecule has 0 atom stereocenters. The topological polar surface area (TPSA) is 50.3 Å². The van der Waals surface area contributed by atoms with Gasteiger partial charge in [0.05, 0.1) is 22.3 Å². The van der Waals surface area contributed by atoms with E-state index in [0.29, 0.717) is 32.7 Å². The molecule has 0 saturated carbocycles. The number of benzene rings is 2. The quantitative estimate of drug-likeness (QED) is 0.350. The predicted octanol–water partition coefficient (Wildman–Crippen LogP) is 6.50. The molecule has 0 spiro atoms. The van der Waals surface area contributed by atoms with E-state index in [9.17, 15) is 10.2 Å². The molecule has 0 aliphatic heterocycles. The smallest absolute Gasteiger partial charge is 0.223 e. The van der Waals surface area contributed by atoms with E-state index in [0.717, 1.165) is 11.1 Å². The van der Waals surface area contributed by atoms with Crippen molar-refractivity contribution >= 4 is 46.8 Å². The summed E-state index contributed by atoms with van der Waals surface area (Å²) in [6.07, 6.45) is 0. The molecule has 0 aliphatic carbocycles. The molecule has 4 nitrogen and oxygen atoms in total. The molecule has 142 valence electrons. The number of imidazole rings is 1. The lowest BCUT2D eigenvalue weighted by atomic mass is 10.1. The van der Waals surface area contributed by atoms with E-state index in [4.69, 9.17) is 35.4 Å². The molecule has 0 amide bonds. The molecule has 2 N–H and O–H groups in total. The van der Waals surface area contributed by atoms with E-state index in [1.807, 2.05) is 21.4 Å². The number of hydrogen-bond acceptors (Lipinski definition) is 4. The molecule has 0 bridgehead atoms. The zero-order chi connectivity index (χ0) is 19.8. The monoisotopic (exact) mass is 448 g/mol. The van der Waals surface area contributed by atoms with Crippen LogP contribution in [0.5, 0.6) is 11.6 Å². The normalized spacial score (nSPS) is 11.1. The Kier molecular flexibility index (Phi) is 5.21. The maximum absolute atomic E-state index is 11.1. The van der Waals surface area contributed by atoms with Gasteiger partial charge in [-0.1, -0.05) is 23.2 Å². The fraction of sp³-hybridized carbons (Fsp3) is 0.0500. The second-order valence-corrected chi connectivity index (χ2v) is 8.11. The number of aromatic hydroxyl groups is 2. The van der Waals surface area contributed by atoms with Crippen molar-refractivity contribution in [3.63, 3.8) is 0 Å². The summed E-state index contributed by atoms with van der Waals surface area (Å²) in [5.74, 6) is 0.138. The van der Waals surface area contributed by atoms with Gasteiger partial charge < -0.3 is 14.8 Å². The highest BCUT2D eigenvalue weighted by Gasteiger charge is 2.21. The van der Waals surface area contributed by atoms with Crippen LogP contribution < -0.4 is 0 Å². The summed E-state index contributed by atoms with van der Waals surface area (Å²) in [6, 6.07) is 13.7. The molecule has 2 aromatic heterocycles. The van der Waals surface area contributed by atoms with Gasteiger partial charge in [0.2, 0.25) is 5.88 Å². The van der Waals surface area contributed by atoms with Gasteiger partial charge in [0.25, 0.3) is 0 Å². The summed E-state index contributed by atoms with van der Waals surface area (Å²) < 4.78 is 3.85. The number of thiophene rings is 1. The van der Waals surface area contributed by atoms with Crippen LogP contribution in [0.4, 0.5) is 0 Å². The zero-order valence-electron chi connectivity index (χ0n) is 14.3. The Morgan fingerprint density at radius 1 is 0.964 bits per heavy atom. The molecular weight excluding hydrogens is 435 g/mol. The lowest BCUT2D eigenvalue weighted by Crippen LogP contribution is -2.02. The van der Waals surface area contributed by atoms with Crippen molar-refractivity contribution in [3.05, 3.63) is 79.7 Å². The fourth-order valence-corrected chi connectivity index (χ4v) is 4.31. The zero-order valence-corrected chi connectivity index (χ0v) is 17.5. The van der Waals surface area contributed by atoms with Gasteiger partial charge in [-0.05, 0) is 77.1 Å². The molecule has 8 heteroatoms. The highest BCUT2D eigenvalue weighted by atomic mass is 35.5. The van der Waals surface area contributed by atoms with E-state index in [2.05, 4.69) is 0 Å². The summed E-state index contributed by atoms with van der Waals surface area (Å²) in [5.41, 5.74) is 2.98. The first-order valence-corrected chi connectivity index (χ1v) is 10.4. The van der Waals surface area contributed by atoms with E-state index in [1.165, 1.54) is 0 Å². The van der Waals surface area contributed by atoms with Crippen molar-refractivity contribution < 1.29 is 10.2 Å². The summed E-state index contributed by atoms with van der Waals surface area (Å²) in [4.78, 5) is 0. The maximum atomic E-state index is 11.1. The SMILES string of the molecule is Oc1ccc(-c2c(O)n(-c3ccc(Cl)c(Cl)c3)c(=S)n2Cc2ccsc2)cc1. The molecule has 4 rings (SSSR count). The average molecular weight is 449 g/mol. The Hall–Kier alpha value is -2.25. The van der Waals surface area contributed by atoms with Crippen molar-refractivity contribution in [3.8, 4) is 28.6 Å². The van der Waals surface area contributed by atoms with Gasteiger partial charge in [-0.25, -0.2) is 0 Å². The van der Waals surface area contributed by atoms with Gasteiger partial charge >= 0.3 is 0 Å². The second-order valence-electron chi connectivity index (χ2n) is 6.15. The Morgan fingerprint density at radius 3 is 2.36 bits per heavy atom. The lowest BCUT2D eigenvalue weighted by molar-refractivity contribution is 0.443. The molecule has 0 unspecified atom stereocenters. The first kappa shape index (κ1) is 19.1. The van der Waals surface area contributed by atoms with Crippen LogP contribution in [0.2, 0.25) is 10.0 Å². The van der Waals surface area contributed by atoms with Crippen molar-refractivity contribution in [2.75, 3.05) is 0 Å². The molecular formula is C20H14Cl2N2O2S2. The van der Waals surface area contributed by atoms with Crippen LogP contribution in [0.3, 0.4) is 0 Å². The first-order chi connectivity index (χ1) is 13.5.